The molecule has 1 saturated heterocycles. The van der Waals surface area contributed by atoms with Crippen LogP contribution in [-0.4, -0.2) is 29.2 Å². The van der Waals surface area contributed by atoms with E-state index in [-0.39, 0.29) is 5.91 Å². The summed E-state index contributed by atoms with van der Waals surface area (Å²) in [6.07, 6.45) is 2.31. The summed E-state index contributed by atoms with van der Waals surface area (Å²) in [7, 11) is 0. The second kappa shape index (κ2) is 5.65. The Morgan fingerprint density at radius 2 is 2.38 bits per heavy atom. The molecule has 0 saturated carbocycles. The zero-order valence-corrected chi connectivity index (χ0v) is 12.8. The Kier molecular flexibility index (Phi) is 4.44. The molecule has 0 spiro atoms. The van der Waals surface area contributed by atoms with Gasteiger partial charge in [-0.25, -0.2) is 0 Å². The molecule has 0 radical (unpaired) electrons. The topological polar surface area (TPSA) is 20.3 Å². The molecule has 0 bridgehead atoms. The molecule has 2 heterocycles. The van der Waals surface area contributed by atoms with Crippen LogP contribution in [0.25, 0.3) is 0 Å². The van der Waals surface area contributed by atoms with Gasteiger partial charge in [0.1, 0.15) is 0 Å². The Labute approximate surface area is 116 Å². The summed E-state index contributed by atoms with van der Waals surface area (Å²) in [5, 5.41) is 1.03. The molecule has 0 N–H and O–H groups in total. The zero-order valence-electron chi connectivity index (χ0n) is 8.79. The fourth-order valence-electron chi connectivity index (χ4n) is 1.99. The SMILES string of the molecule is O=C(c1ccc(Br)s1)N1CCC(CCBr)C1. The molecular weight excluding hydrogens is 354 g/mol. The largest absolute Gasteiger partial charge is 0.338 e. The number of halogens is 2. The Bertz CT molecular complexity index is 380. The van der Waals surface area contributed by atoms with E-state index in [1.165, 1.54) is 11.3 Å². The van der Waals surface area contributed by atoms with Gasteiger partial charge in [0.2, 0.25) is 0 Å². The second-order valence-corrected chi connectivity index (χ2v) is 7.24. The third kappa shape index (κ3) is 2.87. The van der Waals surface area contributed by atoms with Crippen LogP contribution in [0.1, 0.15) is 22.5 Å². The van der Waals surface area contributed by atoms with Crippen LogP contribution < -0.4 is 0 Å². The lowest BCUT2D eigenvalue weighted by atomic mass is 10.1. The molecular formula is C11H13Br2NOS. The minimum atomic E-state index is 0.188. The molecule has 1 fully saturated rings. The highest BCUT2D eigenvalue weighted by Gasteiger charge is 2.26. The van der Waals surface area contributed by atoms with Gasteiger partial charge in [0.15, 0.2) is 0 Å². The van der Waals surface area contributed by atoms with Crippen molar-refractivity contribution < 1.29 is 4.79 Å². The molecule has 1 aromatic rings. The molecule has 2 nitrogen and oxygen atoms in total. The van der Waals surface area contributed by atoms with E-state index in [9.17, 15) is 4.79 Å². The summed E-state index contributed by atoms with van der Waals surface area (Å²) in [6, 6.07) is 3.83. The van der Waals surface area contributed by atoms with Crippen molar-refractivity contribution in [2.75, 3.05) is 18.4 Å². The van der Waals surface area contributed by atoms with Gasteiger partial charge >= 0.3 is 0 Å². The zero-order chi connectivity index (χ0) is 11.5. The van der Waals surface area contributed by atoms with Gasteiger partial charge in [0.25, 0.3) is 5.91 Å². The minimum Gasteiger partial charge on any atom is -0.338 e. The lowest BCUT2D eigenvalue weighted by molar-refractivity contribution is 0.0792. The van der Waals surface area contributed by atoms with Crippen LogP contribution >= 0.6 is 43.2 Å². The van der Waals surface area contributed by atoms with E-state index < -0.39 is 0 Å². The van der Waals surface area contributed by atoms with E-state index in [0.29, 0.717) is 5.92 Å². The third-order valence-electron chi connectivity index (χ3n) is 2.87. The third-order valence-corrected chi connectivity index (χ3v) is 4.94. The quantitative estimate of drug-likeness (QED) is 0.746. The summed E-state index contributed by atoms with van der Waals surface area (Å²) in [5.41, 5.74) is 0. The molecule has 1 atom stereocenters. The normalized spacial score (nSPS) is 20.4. The standard InChI is InChI=1S/C11H13Br2NOS/c12-5-3-8-4-6-14(7-8)11(15)9-1-2-10(13)16-9/h1-2,8H,3-7H2. The molecule has 0 aromatic carbocycles. The molecule has 88 valence electrons. The summed E-state index contributed by atoms with van der Waals surface area (Å²) >= 11 is 8.36. The second-order valence-electron chi connectivity index (χ2n) is 3.99. The molecule has 16 heavy (non-hydrogen) atoms. The molecule has 0 aliphatic carbocycles. The van der Waals surface area contributed by atoms with Gasteiger partial charge in [0.05, 0.1) is 8.66 Å². The number of alkyl halides is 1. The number of nitrogens with zero attached hydrogens (tertiary/aromatic N) is 1. The lowest BCUT2D eigenvalue weighted by Crippen LogP contribution is -2.28. The number of carbonyl (C=O) groups is 1. The van der Waals surface area contributed by atoms with Gasteiger partial charge in [-0.2, -0.15) is 0 Å². The maximum Gasteiger partial charge on any atom is 0.263 e. The summed E-state index contributed by atoms with van der Waals surface area (Å²) in [4.78, 5) is 14.9. The molecule has 1 aromatic heterocycles. The van der Waals surface area contributed by atoms with Crippen LogP contribution in [0.5, 0.6) is 0 Å². The van der Waals surface area contributed by atoms with E-state index in [4.69, 9.17) is 0 Å². The summed E-state index contributed by atoms with van der Waals surface area (Å²) in [5.74, 6) is 0.861. The number of hydrogen-bond donors (Lipinski definition) is 0. The van der Waals surface area contributed by atoms with Gasteiger partial charge < -0.3 is 4.90 Å². The van der Waals surface area contributed by atoms with Crippen molar-refractivity contribution in [2.45, 2.75) is 12.8 Å². The molecule has 5 heteroatoms. The van der Waals surface area contributed by atoms with Gasteiger partial charge in [-0.05, 0) is 46.8 Å². The highest BCUT2D eigenvalue weighted by Crippen LogP contribution is 2.26. The van der Waals surface area contributed by atoms with Crippen LogP contribution in [0.3, 0.4) is 0 Å². The van der Waals surface area contributed by atoms with Crippen LogP contribution in [-0.2, 0) is 0 Å². The van der Waals surface area contributed by atoms with Crippen molar-refractivity contribution in [1.82, 2.24) is 4.90 Å². The number of likely N-dealkylation sites (tertiary alicyclic amines) is 1. The number of hydrogen-bond acceptors (Lipinski definition) is 2. The minimum absolute atomic E-state index is 0.188. The van der Waals surface area contributed by atoms with Crippen LogP contribution in [0.2, 0.25) is 0 Å². The maximum absolute atomic E-state index is 12.1. The number of rotatable bonds is 3. The molecule has 1 amide bonds. The number of carbonyl (C=O) groups excluding carboxylic acids is 1. The van der Waals surface area contributed by atoms with E-state index in [1.807, 2.05) is 17.0 Å². The predicted molar refractivity (Wildman–Crippen MR) is 74.4 cm³/mol. The molecule has 2 rings (SSSR count). The smallest absolute Gasteiger partial charge is 0.263 e. The van der Waals surface area contributed by atoms with Crippen molar-refractivity contribution in [1.29, 1.82) is 0 Å². The van der Waals surface area contributed by atoms with Crippen molar-refractivity contribution in [3.05, 3.63) is 20.8 Å². The highest BCUT2D eigenvalue weighted by molar-refractivity contribution is 9.11. The first-order valence-corrected chi connectivity index (χ1v) is 8.04. The van der Waals surface area contributed by atoms with Crippen molar-refractivity contribution in [3.63, 3.8) is 0 Å². The van der Waals surface area contributed by atoms with Crippen LogP contribution in [0.15, 0.2) is 15.9 Å². The van der Waals surface area contributed by atoms with Crippen LogP contribution in [0, 0.1) is 5.92 Å². The fraction of sp³-hybridized carbons (Fsp3) is 0.545. The van der Waals surface area contributed by atoms with Gasteiger partial charge in [-0.1, -0.05) is 15.9 Å². The Morgan fingerprint density at radius 3 is 3.00 bits per heavy atom. The van der Waals surface area contributed by atoms with Gasteiger partial charge in [-0.3, -0.25) is 4.79 Å². The average Bonchev–Trinajstić information content (AvgIpc) is 2.87. The maximum atomic E-state index is 12.1. The number of amides is 1. The highest BCUT2D eigenvalue weighted by atomic mass is 79.9. The monoisotopic (exact) mass is 365 g/mol. The summed E-state index contributed by atoms with van der Waals surface area (Å²) < 4.78 is 1.02. The van der Waals surface area contributed by atoms with Crippen molar-refractivity contribution in [2.24, 2.45) is 5.92 Å². The lowest BCUT2D eigenvalue weighted by Gasteiger charge is -2.15. The molecule has 1 aliphatic heterocycles. The Hall–Kier alpha value is 0.130. The van der Waals surface area contributed by atoms with E-state index >= 15 is 0 Å². The summed E-state index contributed by atoms with van der Waals surface area (Å²) in [6.45, 7) is 1.83. The van der Waals surface area contributed by atoms with Gasteiger partial charge in [-0.15, -0.1) is 11.3 Å². The first-order valence-electron chi connectivity index (χ1n) is 5.31. The van der Waals surface area contributed by atoms with Crippen LogP contribution in [0.4, 0.5) is 0 Å². The number of thiophene rings is 1. The predicted octanol–water partition coefficient (Wildman–Crippen LogP) is 3.76. The van der Waals surface area contributed by atoms with Crippen molar-refractivity contribution in [3.8, 4) is 0 Å². The Balaban J connectivity index is 1.97. The fourth-order valence-corrected chi connectivity index (χ4v) is 3.99. The molecule has 1 aliphatic rings. The van der Waals surface area contributed by atoms with E-state index in [0.717, 1.165) is 39.9 Å². The average molecular weight is 367 g/mol. The van der Waals surface area contributed by atoms with E-state index in [2.05, 4.69) is 31.9 Å². The van der Waals surface area contributed by atoms with E-state index in [1.54, 1.807) is 0 Å². The Morgan fingerprint density at radius 1 is 1.56 bits per heavy atom. The van der Waals surface area contributed by atoms with Crippen molar-refractivity contribution >= 4 is 49.1 Å². The first kappa shape index (κ1) is 12.6. The first-order chi connectivity index (χ1) is 7.70. The molecule has 1 unspecified atom stereocenters. The van der Waals surface area contributed by atoms with Gasteiger partial charge in [0, 0.05) is 18.4 Å².